The summed E-state index contributed by atoms with van der Waals surface area (Å²) in [5, 5.41) is 10.7. The number of nitrogens with one attached hydrogen (secondary N) is 2. The van der Waals surface area contributed by atoms with E-state index in [1.165, 1.54) is 18.4 Å². The summed E-state index contributed by atoms with van der Waals surface area (Å²) in [4.78, 5) is 12.9. The molecule has 2 N–H and O–H groups in total. The summed E-state index contributed by atoms with van der Waals surface area (Å²) >= 11 is 0. The summed E-state index contributed by atoms with van der Waals surface area (Å²) in [5.41, 5.74) is 2.96. The zero-order valence-corrected chi connectivity index (χ0v) is 21.8. The standard InChI is InChI=1S/C24H32N6O2.HI/c1-4-5-8-15-31-21-16-18(2)10-11-19(21)17-28-24(25-3)27-14-12-22-29-23(32-30-22)20-9-6-7-13-26-20;/h6-7,9-11,13,16H,4-5,8,12,14-15,17H2,1-3H3,(H2,25,27,28);1H. The molecule has 2 heterocycles. The second-order valence-corrected chi connectivity index (χ2v) is 7.50. The van der Waals surface area contributed by atoms with E-state index in [1.54, 1.807) is 13.2 Å². The Balaban J connectivity index is 0.00000385. The number of nitrogens with zero attached hydrogens (tertiary/aromatic N) is 4. The van der Waals surface area contributed by atoms with Gasteiger partial charge in [-0.2, -0.15) is 4.98 Å². The Morgan fingerprint density at radius 1 is 1.15 bits per heavy atom. The van der Waals surface area contributed by atoms with Crippen LogP contribution in [0, 0.1) is 6.92 Å². The Hall–Kier alpha value is -2.69. The summed E-state index contributed by atoms with van der Waals surface area (Å²) in [6.07, 6.45) is 5.74. The number of hydrogen-bond donors (Lipinski definition) is 2. The van der Waals surface area contributed by atoms with Crippen LogP contribution < -0.4 is 15.4 Å². The minimum Gasteiger partial charge on any atom is -0.493 e. The van der Waals surface area contributed by atoms with E-state index >= 15 is 0 Å². The van der Waals surface area contributed by atoms with Crippen molar-refractivity contribution in [2.75, 3.05) is 20.2 Å². The number of aliphatic imine (C=N–C) groups is 1. The van der Waals surface area contributed by atoms with Gasteiger partial charge in [-0.1, -0.05) is 43.1 Å². The summed E-state index contributed by atoms with van der Waals surface area (Å²) in [7, 11) is 1.75. The van der Waals surface area contributed by atoms with Crippen LogP contribution in [0.3, 0.4) is 0 Å². The number of guanidine groups is 1. The average Bonchev–Trinajstić information content (AvgIpc) is 3.29. The monoisotopic (exact) mass is 564 g/mol. The molecule has 0 amide bonds. The molecule has 178 valence electrons. The van der Waals surface area contributed by atoms with Gasteiger partial charge in [0.25, 0.3) is 5.89 Å². The van der Waals surface area contributed by atoms with Crippen molar-refractivity contribution >= 4 is 29.9 Å². The van der Waals surface area contributed by atoms with Crippen LogP contribution in [0.25, 0.3) is 11.6 Å². The maximum atomic E-state index is 6.03. The number of halogens is 1. The molecule has 8 nitrogen and oxygen atoms in total. The van der Waals surface area contributed by atoms with E-state index in [0.717, 1.165) is 24.3 Å². The van der Waals surface area contributed by atoms with Crippen LogP contribution >= 0.6 is 24.0 Å². The van der Waals surface area contributed by atoms with Crippen LogP contribution in [-0.2, 0) is 13.0 Å². The maximum absolute atomic E-state index is 6.03. The zero-order chi connectivity index (χ0) is 22.6. The van der Waals surface area contributed by atoms with Gasteiger partial charge in [-0.05, 0) is 37.1 Å². The number of ether oxygens (including phenoxy) is 1. The number of benzene rings is 1. The SMILES string of the molecule is CCCCCOc1cc(C)ccc1CNC(=NC)NCCc1noc(-c2ccccn2)n1.I. The highest BCUT2D eigenvalue weighted by molar-refractivity contribution is 14.0. The zero-order valence-electron chi connectivity index (χ0n) is 19.5. The predicted octanol–water partition coefficient (Wildman–Crippen LogP) is 4.53. The van der Waals surface area contributed by atoms with Crippen molar-refractivity contribution in [1.29, 1.82) is 0 Å². The Morgan fingerprint density at radius 2 is 2.03 bits per heavy atom. The predicted molar refractivity (Wildman–Crippen MR) is 141 cm³/mol. The Labute approximate surface area is 212 Å². The number of unbranched alkanes of at least 4 members (excludes halogenated alkanes) is 2. The lowest BCUT2D eigenvalue weighted by Crippen LogP contribution is -2.38. The quantitative estimate of drug-likeness (QED) is 0.153. The Kier molecular flexibility index (Phi) is 11.6. The van der Waals surface area contributed by atoms with E-state index in [1.807, 2.05) is 18.2 Å². The molecule has 2 aromatic heterocycles. The highest BCUT2D eigenvalue weighted by Gasteiger charge is 2.10. The van der Waals surface area contributed by atoms with E-state index < -0.39 is 0 Å². The van der Waals surface area contributed by atoms with Crippen molar-refractivity contribution in [1.82, 2.24) is 25.8 Å². The molecule has 0 radical (unpaired) electrons. The van der Waals surface area contributed by atoms with Crippen molar-refractivity contribution in [2.45, 2.75) is 46.1 Å². The second kappa shape index (κ2) is 14.5. The van der Waals surface area contributed by atoms with Gasteiger partial charge in [-0.15, -0.1) is 24.0 Å². The molecule has 33 heavy (non-hydrogen) atoms. The molecule has 9 heteroatoms. The highest BCUT2D eigenvalue weighted by atomic mass is 127. The minimum atomic E-state index is 0. The van der Waals surface area contributed by atoms with Crippen LogP contribution in [0.1, 0.15) is 43.1 Å². The molecule has 3 rings (SSSR count). The van der Waals surface area contributed by atoms with E-state index in [4.69, 9.17) is 9.26 Å². The van der Waals surface area contributed by atoms with E-state index in [0.29, 0.717) is 42.9 Å². The van der Waals surface area contributed by atoms with Crippen molar-refractivity contribution < 1.29 is 9.26 Å². The van der Waals surface area contributed by atoms with Crippen LogP contribution in [0.5, 0.6) is 5.75 Å². The third-order valence-electron chi connectivity index (χ3n) is 4.89. The summed E-state index contributed by atoms with van der Waals surface area (Å²) < 4.78 is 11.3. The fourth-order valence-electron chi connectivity index (χ4n) is 3.12. The lowest BCUT2D eigenvalue weighted by Gasteiger charge is -2.15. The van der Waals surface area contributed by atoms with Crippen molar-refractivity contribution in [3.63, 3.8) is 0 Å². The first kappa shape index (κ1) is 26.6. The fourth-order valence-corrected chi connectivity index (χ4v) is 3.12. The van der Waals surface area contributed by atoms with Crippen LogP contribution in [0.15, 0.2) is 52.1 Å². The number of aryl methyl sites for hydroxylation is 1. The maximum Gasteiger partial charge on any atom is 0.276 e. The molecule has 0 fully saturated rings. The molecule has 3 aromatic rings. The molecule has 1 aromatic carbocycles. The Morgan fingerprint density at radius 3 is 2.79 bits per heavy atom. The molecular weight excluding hydrogens is 531 g/mol. The van der Waals surface area contributed by atoms with Crippen LogP contribution in [0.4, 0.5) is 0 Å². The van der Waals surface area contributed by atoms with Gasteiger partial charge in [0.05, 0.1) is 6.61 Å². The molecule has 0 atom stereocenters. The van der Waals surface area contributed by atoms with Gasteiger partial charge < -0.3 is 19.9 Å². The number of pyridine rings is 1. The van der Waals surface area contributed by atoms with E-state index in [2.05, 4.69) is 62.8 Å². The molecule has 0 unspecified atom stereocenters. The second-order valence-electron chi connectivity index (χ2n) is 7.50. The smallest absolute Gasteiger partial charge is 0.276 e. The van der Waals surface area contributed by atoms with Gasteiger partial charge >= 0.3 is 0 Å². The number of aromatic nitrogens is 3. The molecule has 0 aliphatic rings. The highest BCUT2D eigenvalue weighted by Crippen LogP contribution is 2.21. The molecule has 0 saturated heterocycles. The van der Waals surface area contributed by atoms with Crippen molar-refractivity contribution in [2.24, 2.45) is 4.99 Å². The van der Waals surface area contributed by atoms with Gasteiger partial charge in [-0.25, -0.2) is 0 Å². The van der Waals surface area contributed by atoms with E-state index in [9.17, 15) is 0 Å². The molecule has 0 saturated carbocycles. The molecule has 0 aliphatic heterocycles. The first-order chi connectivity index (χ1) is 15.7. The summed E-state index contributed by atoms with van der Waals surface area (Å²) in [5.74, 6) is 2.68. The number of hydrogen-bond acceptors (Lipinski definition) is 6. The first-order valence-electron chi connectivity index (χ1n) is 11.1. The van der Waals surface area contributed by atoms with Crippen LogP contribution in [-0.4, -0.2) is 41.3 Å². The van der Waals surface area contributed by atoms with Gasteiger partial charge in [0.1, 0.15) is 11.4 Å². The Bertz CT molecular complexity index is 994. The largest absolute Gasteiger partial charge is 0.493 e. The third-order valence-corrected chi connectivity index (χ3v) is 4.89. The lowest BCUT2D eigenvalue weighted by atomic mass is 10.1. The van der Waals surface area contributed by atoms with Gasteiger partial charge in [0.15, 0.2) is 11.8 Å². The molecule has 0 spiro atoms. The summed E-state index contributed by atoms with van der Waals surface area (Å²) in [6.45, 7) is 6.25. The molecule has 0 bridgehead atoms. The average molecular weight is 564 g/mol. The van der Waals surface area contributed by atoms with Gasteiger partial charge in [0, 0.05) is 38.3 Å². The first-order valence-corrected chi connectivity index (χ1v) is 11.1. The van der Waals surface area contributed by atoms with Gasteiger partial charge in [-0.3, -0.25) is 9.98 Å². The van der Waals surface area contributed by atoms with E-state index in [-0.39, 0.29) is 24.0 Å². The normalized spacial score (nSPS) is 11.1. The molecular formula is C24H33IN6O2. The number of rotatable bonds is 11. The fraction of sp³-hybridized carbons (Fsp3) is 0.417. The minimum absolute atomic E-state index is 0. The van der Waals surface area contributed by atoms with Gasteiger partial charge in [0.2, 0.25) is 0 Å². The topological polar surface area (TPSA) is 97.5 Å². The summed E-state index contributed by atoms with van der Waals surface area (Å²) in [6, 6.07) is 11.9. The third kappa shape index (κ3) is 8.64. The van der Waals surface area contributed by atoms with Crippen molar-refractivity contribution in [3.8, 4) is 17.3 Å². The van der Waals surface area contributed by atoms with Crippen LogP contribution in [0.2, 0.25) is 0 Å². The van der Waals surface area contributed by atoms with Crippen molar-refractivity contribution in [3.05, 3.63) is 59.5 Å². The molecule has 0 aliphatic carbocycles. The lowest BCUT2D eigenvalue weighted by molar-refractivity contribution is 0.303.